The number of halogens is 1. The molecule has 8 heteroatoms. The zero-order valence-electron chi connectivity index (χ0n) is 17.3. The number of Topliss-reactive ketones (excluding diaryl/α,β-unsaturated/α-hetero) is 1. The van der Waals surface area contributed by atoms with E-state index < -0.39 is 10.0 Å². The first-order valence-corrected chi connectivity index (χ1v) is 11.5. The van der Waals surface area contributed by atoms with Crippen molar-refractivity contribution in [2.45, 2.75) is 23.8 Å². The molecule has 0 aliphatic carbocycles. The summed E-state index contributed by atoms with van der Waals surface area (Å²) in [5.74, 6) is -0.465. The Labute approximate surface area is 177 Å². The van der Waals surface area contributed by atoms with Crippen molar-refractivity contribution in [3.05, 3.63) is 65.5 Å². The Kier molecular flexibility index (Phi) is 7.36. The van der Waals surface area contributed by atoms with Crippen LogP contribution in [0.2, 0.25) is 0 Å². The quantitative estimate of drug-likeness (QED) is 0.616. The maximum Gasteiger partial charge on any atom is 0.243 e. The van der Waals surface area contributed by atoms with Gasteiger partial charge in [-0.1, -0.05) is 24.3 Å². The van der Waals surface area contributed by atoms with E-state index in [1.54, 1.807) is 24.3 Å². The predicted octanol–water partition coefficient (Wildman–Crippen LogP) is 2.69. The molecule has 0 radical (unpaired) electrons. The minimum atomic E-state index is -3.56. The van der Waals surface area contributed by atoms with Crippen LogP contribution < -0.4 is 5.32 Å². The molecule has 1 aliphatic rings. The van der Waals surface area contributed by atoms with Gasteiger partial charge in [0.25, 0.3) is 0 Å². The van der Waals surface area contributed by atoms with E-state index in [1.165, 1.54) is 28.6 Å². The molecule has 3 rings (SSSR count). The van der Waals surface area contributed by atoms with Gasteiger partial charge in [0.15, 0.2) is 5.78 Å². The Morgan fingerprint density at radius 3 is 2.43 bits per heavy atom. The lowest BCUT2D eigenvalue weighted by Gasteiger charge is -2.25. The van der Waals surface area contributed by atoms with Gasteiger partial charge in [0.05, 0.1) is 11.4 Å². The predicted molar refractivity (Wildman–Crippen MR) is 114 cm³/mol. The number of carbonyl (C=O) groups is 1. The highest BCUT2D eigenvalue weighted by molar-refractivity contribution is 7.89. The number of nitrogens with zero attached hydrogens (tertiary/aromatic N) is 2. The zero-order chi connectivity index (χ0) is 21.7. The van der Waals surface area contributed by atoms with E-state index in [-0.39, 0.29) is 29.1 Å². The summed E-state index contributed by atoms with van der Waals surface area (Å²) in [7, 11) is 0.286. The fourth-order valence-corrected chi connectivity index (χ4v) is 5.18. The van der Waals surface area contributed by atoms with Crippen molar-refractivity contribution in [3.63, 3.8) is 0 Å². The van der Waals surface area contributed by atoms with Gasteiger partial charge in [-0.25, -0.2) is 12.8 Å². The highest BCUT2D eigenvalue weighted by Gasteiger charge is 2.27. The average molecular weight is 434 g/mol. The topological polar surface area (TPSA) is 69.7 Å². The van der Waals surface area contributed by atoms with Crippen LogP contribution in [-0.2, 0) is 10.0 Å². The minimum Gasteiger partial charge on any atom is -0.308 e. The third-order valence-corrected chi connectivity index (χ3v) is 7.25. The Morgan fingerprint density at radius 1 is 1.13 bits per heavy atom. The summed E-state index contributed by atoms with van der Waals surface area (Å²) in [5.41, 5.74) is 1.31. The Bertz CT molecular complexity index is 971. The number of rotatable bonds is 9. The van der Waals surface area contributed by atoms with Crippen molar-refractivity contribution in [1.82, 2.24) is 14.5 Å². The SMILES string of the molecule is CN(C)C(CNCC(=O)c1cccc(S(=O)(=O)N2CCCC2)c1)c1ccc(F)cc1. The lowest BCUT2D eigenvalue weighted by molar-refractivity contribution is 0.0988. The van der Waals surface area contributed by atoms with E-state index >= 15 is 0 Å². The van der Waals surface area contributed by atoms with Gasteiger partial charge in [-0.05, 0) is 56.8 Å². The summed E-state index contributed by atoms with van der Waals surface area (Å²) in [6.07, 6.45) is 1.73. The molecular formula is C22H28FN3O3S. The molecule has 2 aromatic rings. The van der Waals surface area contributed by atoms with Gasteiger partial charge in [0, 0.05) is 31.2 Å². The van der Waals surface area contributed by atoms with Crippen LogP contribution in [0.5, 0.6) is 0 Å². The molecule has 1 fully saturated rings. The molecule has 1 atom stereocenters. The minimum absolute atomic E-state index is 0.0275. The van der Waals surface area contributed by atoms with Gasteiger partial charge < -0.3 is 10.2 Å². The molecule has 30 heavy (non-hydrogen) atoms. The van der Waals surface area contributed by atoms with Crippen molar-refractivity contribution in [3.8, 4) is 0 Å². The second-order valence-corrected chi connectivity index (χ2v) is 9.66. The monoisotopic (exact) mass is 433 g/mol. The molecule has 0 spiro atoms. The van der Waals surface area contributed by atoms with Crippen LogP contribution in [0.1, 0.15) is 34.8 Å². The molecule has 1 saturated heterocycles. The van der Waals surface area contributed by atoms with Crippen LogP contribution in [0, 0.1) is 5.82 Å². The van der Waals surface area contributed by atoms with E-state index in [9.17, 15) is 17.6 Å². The Morgan fingerprint density at radius 2 is 1.80 bits per heavy atom. The number of ketones is 1. The third kappa shape index (κ3) is 5.31. The molecule has 1 N–H and O–H groups in total. The number of hydrogen-bond donors (Lipinski definition) is 1. The first-order valence-electron chi connectivity index (χ1n) is 10.0. The number of nitrogens with one attached hydrogen (secondary N) is 1. The molecule has 0 saturated carbocycles. The summed E-state index contributed by atoms with van der Waals surface area (Å²) in [4.78, 5) is 14.8. The summed E-state index contributed by atoms with van der Waals surface area (Å²) < 4.78 is 40.1. The lowest BCUT2D eigenvalue weighted by atomic mass is 10.1. The molecule has 162 valence electrons. The molecule has 2 aromatic carbocycles. The van der Waals surface area contributed by atoms with Crippen LogP contribution in [0.25, 0.3) is 0 Å². The van der Waals surface area contributed by atoms with Crippen molar-refractivity contribution in [1.29, 1.82) is 0 Å². The first-order chi connectivity index (χ1) is 14.3. The summed E-state index contributed by atoms with van der Waals surface area (Å²) in [5, 5.41) is 3.15. The van der Waals surface area contributed by atoms with E-state index in [0.717, 1.165) is 18.4 Å². The lowest BCUT2D eigenvalue weighted by Crippen LogP contribution is -2.34. The van der Waals surface area contributed by atoms with Gasteiger partial charge in [-0.2, -0.15) is 4.31 Å². The Hall–Kier alpha value is -2.13. The highest BCUT2D eigenvalue weighted by Crippen LogP contribution is 2.22. The van der Waals surface area contributed by atoms with Crippen LogP contribution in [0.3, 0.4) is 0 Å². The van der Waals surface area contributed by atoms with Crippen LogP contribution in [0.15, 0.2) is 53.4 Å². The highest BCUT2D eigenvalue weighted by atomic mass is 32.2. The molecule has 0 amide bonds. The van der Waals surface area contributed by atoms with Crippen molar-refractivity contribution in [2.75, 3.05) is 40.3 Å². The van der Waals surface area contributed by atoms with E-state index in [1.807, 2.05) is 19.0 Å². The molecule has 0 aromatic heterocycles. The molecular weight excluding hydrogens is 405 g/mol. The van der Waals surface area contributed by atoms with Gasteiger partial charge in [-0.3, -0.25) is 4.79 Å². The van der Waals surface area contributed by atoms with E-state index in [0.29, 0.717) is 25.2 Å². The largest absolute Gasteiger partial charge is 0.308 e. The fraction of sp³-hybridized carbons (Fsp3) is 0.409. The normalized spacial score (nSPS) is 16.1. The first kappa shape index (κ1) is 22.6. The number of likely N-dealkylation sites (N-methyl/N-ethyl adjacent to an activating group) is 1. The summed E-state index contributed by atoms with van der Waals surface area (Å²) >= 11 is 0. The van der Waals surface area contributed by atoms with Gasteiger partial charge in [0.1, 0.15) is 5.82 Å². The van der Waals surface area contributed by atoms with Crippen LogP contribution >= 0.6 is 0 Å². The second kappa shape index (κ2) is 9.78. The smallest absolute Gasteiger partial charge is 0.243 e. The number of sulfonamides is 1. The van der Waals surface area contributed by atoms with E-state index in [2.05, 4.69) is 5.32 Å². The molecule has 1 aliphatic heterocycles. The standard InChI is InChI=1S/C22H28FN3O3S/c1-25(2)21(17-8-10-19(23)11-9-17)15-24-16-22(27)18-6-5-7-20(14-18)30(28,29)26-12-3-4-13-26/h5-11,14,21,24H,3-4,12-13,15-16H2,1-2H3. The number of carbonyl (C=O) groups excluding carboxylic acids is 1. The maximum atomic E-state index is 13.2. The fourth-order valence-electron chi connectivity index (χ4n) is 3.62. The molecule has 1 heterocycles. The maximum absolute atomic E-state index is 13.2. The van der Waals surface area contributed by atoms with Crippen molar-refractivity contribution >= 4 is 15.8 Å². The van der Waals surface area contributed by atoms with Crippen molar-refractivity contribution in [2.24, 2.45) is 0 Å². The molecule has 6 nitrogen and oxygen atoms in total. The summed E-state index contributed by atoms with van der Waals surface area (Å²) in [6.45, 7) is 1.63. The number of benzene rings is 2. The summed E-state index contributed by atoms with van der Waals surface area (Å²) in [6, 6.07) is 12.5. The Balaban J connectivity index is 1.64. The third-order valence-electron chi connectivity index (χ3n) is 5.36. The second-order valence-electron chi connectivity index (χ2n) is 7.72. The van der Waals surface area contributed by atoms with Gasteiger partial charge >= 0.3 is 0 Å². The van der Waals surface area contributed by atoms with Crippen LogP contribution in [-0.4, -0.2) is 63.7 Å². The molecule has 1 unspecified atom stereocenters. The van der Waals surface area contributed by atoms with Crippen LogP contribution in [0.4, 0.5) is 4.39 Å². The van der Waals surface area contributed by atoms with E-state index in [4.69, 9.17) is 0 Å². The average Bonchev–Trinajstić information content (AvgIpc) is 3.28. The van der Waals surface area contributed by atoms with Gasteiger partial charge in [-0.15, -0.1) is 0 Å². The molecule has 0 bridgehead atoms. The van der Waals surface area contributed by atoms with Gasteiger partial charge in [0.2, 0.25) is 10.0 Å². The zero-order valence-corrected chi connectivity index (χ0v) is 18.2. The number of hydrogen-bond acceptors (Lipinski definition) is 5. The van der Waals surface area contributed by atoms with Crippen molar-refractivity contribution < 1.29 is 17.6 Å².